The first-order valence-electron chi connectivity index (χ1n) is 12.3. The van der Waals surface area contributed by atoms with Gasteiger partial charge in [-0.1, -0.05) is 58.2 Å². The van der Waals surface area contributed by atoms with Crippen molar-refractivity contribution in [3.8, 4) is 11.1 Å². The van der Waals surface area contributed by atoms with Gasteiger partial charge in [0.2, 0.25) is 5.95 Å². The second-order valence-electron chi connectivity index (χ2n) is 10.9. The van der Waals surface area contributed by atoms with Crippen molar-refractivity contribution >= 4 is 35.1 Å². The van der Waals surface area contributed by atoms with Crippen LogP contribution in [0.1, 0.15) is 65.5 Å². The highest BCUT2D eigenvalue weighted by atomic mass is 32.1. The zero-order valence-corrected chi connectivity index (χ0v) is 22.0. The highest BCUT2D eigenvalue weighted by Crippen LogP contribution is 2.34. The Hall–Kier alpha value is -2.68. The standard InChI is InChI=1S/C18H20FN7S.C8H16/c1-18(2,27)10-14-16-12(5-7-26(16)23-17(20)21-14)11-3-4-13-15(9-11)25(8-6-19)24-22-13;1-8(2)6-4-3-5-7-8/h3-5,7,9,27H,6,8,10H2,1-2H3,(H2,20,23);3-7H2,1-2H3. The second kappa shape index (κ2) is 10.1. The number of aryl methyl sites for hydroxylation is 1. The summed E-state index contributed by atoms with van der Waals surface area (Å²) in [6, 6.07) is 7.80. The molecule has 0 spiro atoms. The fourth-order valence-corrected chi connectivity index (χ4v) is 4.92. The number of nitrogen functional groups attached to an aromatic ring is 1. The topological polar surface area (TPSA) is 86.9 Å². The van der Waals surface area contributed by atoms with Gasteiger partial charge >= 0.3 is 0 Å². The maximum Gasteiger partial charge on any atom is 0.238 e. The SMILES string of the molecule is CC(C)(S)Cc1nc(N)nn2ccc(-c3ccc4nnn(CCF)c4c3)c12.CC1(C)CCCCC1. The van der Waals surface area contributed by atoms with Crippen LogP contribution in [-0.2, 0) is 13.0 Å². The molecule has 0 aliphatic heterocycles. The highest BCUT2D eigenvalue weighted by Gasteiger charge is 2.21. The van der Waals surface area contributed by atoms with Gasteiger partial charge in [-0.25, -0.2) is 18.6 Å². The van der Waals surface area contributed by atoms with Gasteiger partial charge in [0.05, 0.1) is 23.3 Å². The number of nitrogens with zero attached hydrogens (tertiary/aromatic N) is 6. The van der Waals surface area contributed by atoms with Crippen molar-refractivity contribution in [1.82, 2.24) is 29.6 Å². The number of aromatic nitrogens is 6. The average molecular weight is 498 g/mol. The van der Waals surface area contributed by atoms with E-state index < -0.39 is 6.67 Å². The molecule has 1 aliphatic rings. The Kier molecular flexibility index (Phi) is 7.35. The monoisotopic (exact) mass is 497 g/mol. The predicted octanol–water partition coefficient (Wildman–Crippen LogP) is 5.92. The highest BCUT2D eigenvalue weighted by molar-refractivity contribution is 7.81. The quantitative estimate of drug-likeness (QED) is 0.334. The van der Waals surface area contributed by atoms with Crippen LogP contribution in [0.2, 0.25) is 0 Å². The number of thiol groups is 1. The summed E-state index contributed by atoms with van der Waals surface area (Å²) in [4.78, 5) is 4.46. The van der Waals surface area contributed by atoms with Crippen molar-refractivity contribution in [3.63, 3.8) is 0 Å². The minimum Gasteiger partial charge on any atom is -0.367 e. The molecule has 2 N–H and O–H groups in total. The fourth-order valence-electron chi connectivity index (χ4n) is 4.77. The van der Waals surface area contributed by atoms with Crippen LogP contribution in [0.25, 0.3) is 27.7 Å². The summed E-state index contributed by atoms with van der Waals surface area (Å²) in [7, 11) is 0. The van der Waals surface area contributed by atoms with Gasteiger partial charge in [0, 0.05) is 22.9 Å². The van der Waals surface area contributed by atoms with E-state index in [1.54, 1.807) is 9.20 Å². The number of hydrogen-bond donors (Lipinski definition) is 2. The summed E-state index contributed by atoms with van der Waals surface area (Å²) >= 11 is 4.64. The first-order chi connectivity index (χ1) is 16.6. The first kappa shape index (κ1) is 25.4. The van der Waals surface area contributed by atoms with Gasteiger partial charge in [-0.05, 0) is 42.0 Å². The normalized spacial score (nSPS) is 15.8. The molecular weight excluding hydrogens is 461 g/mol. The third kappa shape index (κ3) is 6.12. The molecule has 1 aromatic carbocycles. The number of fused-ring (bicyclic) bond motifs is 2. The van der Waals surface area contributed by atoms with Gasteiger partial charge in [0.15, 0.2) is 0 Å². The molecule has 0 saturated heterocycles. The Bertz CT molecular complexity index is 1290. The minimum atomic E-state index is -0.494. The lowest BCUT2D eigenvalue weighted by Crippen LogP contribution is -2.17. The molecule has 3 heterocycles. The zero-order chi connectivity index (χ0) is 25.2. The van der Waals surface area contributed by atoms with Gasteiger partial charge in [0.25, 0.3) is 0 Å². The van der Waals surface area contributed by atoms with Crippen LogP contribution in [0.3, 0.4) is 0 Å². The molecule has 1 aliphatic carbocycles. The van der Waals surface area contributed by atoms with Gasteiger partial charge in [-0.2, -0.15) is 12.6 Å². The van der Waals surface area contributed by atoms with E-state index in [0.29, 0.717) is 11.8 Å². The van der Waals surface area contributed by atoms with E-state index in [0.717, 1.165) is 33.4 Å². The van der Waals surface area contributed by atoms with Crippen molar-refractivity contribution in [2.75, 3.05) is 12.4 Å². The molecule has 188 valence electrons. The fraction of sp³-hybridized carbons (Fsp3) is 0.538. The van der Waals surface area contributed by atoms with Crippen LogP contribution < -0.4 is 5.73 Å². The maximum atomic E-state index is 12.8. The number of alkyl halides is 1. The molecule has 1 saturated carbocycles. The Balaban J connectivity index is 0.000000308. The molecule has 0 bridgehead atoms. The largest absolute Gasteiger partial charge is 0.367 e. The van der Waals surface area contributed by atoms with Crippen molar-refractivity contribution < 1.29 is 4.39 Å². The molecule has 7 nitrogen and oxygen atoms in total. The molecule has 0 radical (unpaired) electrons. The van der Waals surface area contributed by atoms with E-state index in [-0.39, 0.29) is 17.2 Å². The number of anilines is 1. The van der Waals surface area contributed by atoms with Gasteiger partial charge in [0.1, 0.15) is 12.2 Å². The van der Waals surface area contributed by atoms with E-state index >= 15 is 0 Å². The van der Waals surface area contributed by atoms with Crippen molar-refractivity contribution in [3.05, 3.63) is 36.2 Å². The Labute approximate surface area is 211 Å². The van der Waals surface area contributed by atoms with Crippen LogP contribution >= 0.6 is 12.6 Å². The van der Waals surface area contributed by atoms with Crippen LogP contribution in [0.15, 0.2) is 30.5 Å². The van der Waals surface area contributed by atoms with Gasteiger partial charge in [-0.15, -0.1) is 10.2 Å². The molecule has 0 amide bonds. The Morgan fingerprint density at radius 3 is 2.51 bits per heavy atom. The number of benzene rings is 1. The molecule has 1 fully saturated rings. The first-order valence-corrected chi connectivity index (χ1v) is 12.8. The Morgan fingerprint density at radius 1 is 1.14 bits per heavy atom. The number of hydrogen-bond acceptors (Lipinski definition) is 6. The van der Waals surface area contributed by atoms with E-state index in [1.165, 1.54) is 32.1 Å². The van der Waals surface area contributed by atoms with Crippen LogP contribution in [-0.4, -0.2) is 41.0 Å². The summed E-state index contributed by atoms with van der Waals surface area (Å²) in [5.74, 6) is 0.220. The number of nitrogens with two attached hydrogens (primary N) is 1. The van der Waals surface area contributed by atoms with Crippen LogP contribution in [0.5, 0.6) is 0 Å². The van der Waals surface area contributed by atoms with E-state index in [4.69, 9.17) is 5.73 Å². The molecular formula is C26H36FN7S. The van der Waals surface area contributed by atoms with Gasteiger partial charge < -0.3 is 5.73 Å². The summed E-state index contributed by atoms with van der Waals surface area (Å²) < 4.78 is 15.9. The maximum absolute atomic E-state index is 12.8. The predicted molar refractivity (Wildman–Crippen MR) is 144 cm³/mol. The van der Waals surface area contributed by atoms with Gasteiger partial charge in [-0.3, -0.25) is 0 Å². The third-order valence-electron chi connectivity index (χ3n) is 6.53. The minimum absolute atomic E-state index is 0.176. The molecule has 35 heavy (non-hydrogen) atoms. The van der Waals surface area contributed by atoms with Crippen molar-refractivity contribution in [2.24, 2.45) is 5.41 Å². The molecule has 3 aromatic heterocycles. The number of rotatable bonds is 5. The third-order valence-corrected chi connectivity index (χ3v) is 6.69. The van der Waals surface area contributed by atoms with Crippen molar-refractivity contribution in [1.29, 1.82) is 0 Å². The molecule has 0 atom stereocenters. The summed E-state index contributed by atoms with van der Waals surface area (Å²) in [5, 5.41) is 12.4. The van der Waals surface area contributed by atoms with Crippen LogP contribution in [0.4, 0.5) is 10.3 Å². The lowest BCUT2D eigenvalue weighted by atomic mass is 9.78. The Morgan fingerprint density at radius 2 is 1.89 bits per heavy atom. The molecule has 9 heteroatoms. The summed E-state index contributed by atoms with van der Waals surface area (Å²) in [6.07, 6.45) is 9.80. The second-order valence-corrected chi connectivity index (χ2v) is 12.1. The molecule has 4 aromatic rings. The van der Waals surface area contributed by atoms with E-state index in [2.05, 4.69) is 46.9 Å². The number of halogens is 1. The van der Waals surface area contributed by atoms with E-state index in [1.807, 2.05) is 44.3 Å². The average Bonchev–Trinajstić information content (AvgIpc) is 3.37. The van der Waals surface area contributed by atoms with Crippen LogP contribution in [0, 0.1) is 5.41 Å². The molecule has 0 unspecified atom stereocenters. The van der Waals surface area contributed by atoms with Crippen molar-refractivity contribution in [2.45, 2.75) is 77.5 Å². The lowest BCUT2D eigenvalue weighted by Gasteiger charge is -2.28. The summed E-state index contributed by atoms with van der Waals surface area (Å²) in [6.45, 7) is 8.50. The summed E-state index contributed by atoms with van der Waals surface area (Å²) in [5.41, 5.74) is 11.7. The van der Waals surface area contributed by atoms with E-state index in [9.17, 15) is 4.39 Å². The zero-order valence-electron chi connectivity index (χ0n) is 21.1. The lowest BCUT2D eigenvalue weighted by molar-refractivity contribution is 0.244. The smallest absolute Gasteiger partial charge is 0.238 e. The molecule has 5 rings (SSSR count).